The molecule has 2 nitrogen and oxygen atoms in total. The smallest absolute Gasteiger partial charge is 0.134 e. The zero-order valence-electron chi connectivity index (χ0n) is 17.1. The van der Waals surface area contributed by atoms with Gasteiger partial charge in [0.15, 0.2) is 0 Å². The zero-order valence-corrected chi connectivity index (χ0v) is 17.1. The van der Waals surface area contributed by atoms with Gasteiger partial charge in [-0.2, -0.15) is 0 Å². The van der Waals surface area contributed by atoms with Crippen molar-refractivity contribution in [1.29, 1.82) is 0 Å². The maximum Gasteiger partial charge on any atom is 0.134 e. The van der Waals surface area contributed by atoms with Crippen LogP contribution in [0, 0.1) is 0 Å². The third-order valence-electron chi connectivity index (χ3n) is 5.65. The van der Waals surface area contributed by atoms with Gasteiger partial charge in [-0.25, -0.2) is 0 Å². The minimum absolute atomic E-state index is 0.899. The summed E-state index contributed by atoms with van der Waals surface area (Å²) in [6.45, 7) is 0. The van der Waals surface area contributed by atoms with Crippen LogP contribution in [-0.2, 0) is 0 Å². The quantitative estimate of drug-likeness (QED) is 0.319. The van der Waals surface area contributed by atoms with Gasteiger partial charge < -0.3 is 9.47 Å². The van der Waals surface area contributed by atoms with E-state index in [1.165, 1.54) is 10.8 Å². The summed E-state index contributed by atoms with van der Waals surface area (Å²) < 4.78 is 11.7. The lowest BCUT2D eigenvalue weighted by atomic mass is 9.94. The lowest BCUT2D eigenvalue weighted by molar-refractivity contribution is 0.421. The second-order valence-electron chi connectivity index (χ2n) is 7.32. The molecule has 30 heavy (non-hydrogen) atoms. The Kier molecular flexibility index (Phi) is 4.61. The van der Waals surface area contributed by atoms with Gasteiger partial charge in [0.25, 0.3) is 0 Å². The minimum atomic E-state index is 0.899. The Morgan fingerprint density at radius 2 is 0.933 bits per heavy atom. The van der Waals surface area contributed by atoms with E-state index >= 15 is 0 Å². The third-order valence-corrected chi connectivity index (χ3v) is 5.65. The number of hydrogen-bond donors (Lipinski definition) is 0. The fraction of sp³-hybridized carbons (Fsp3) is 0.0714. The lowest BCUT2D eigenvalue weighted by Gasteiger charge is -2.15. The predicted molar refractivity (Wildman–Crippen MR) is 125 cm³/mol. The molecule has 0 spiro atoms. The van der Waals surface area contributed by atoms with Crippen LogP contribution in [0.5, 0.6) is 11.5 Å². The molecule has 5 aromatic rings. The molecule has 0 bridgehead atoms. The summed E-state index contributed by atoms with van der Waals surface area (Å²) in [5.41, 5.74) is 4.39. The Bertz CT molecular complexity index is 1270. The normalized spacial score (nSPS) is 11.0. The highest BCUT2D eigenvalue weighted by molar-refractivity contribution is 5.97. The van der Waals surface area contributed by atoms with E-state index < -0.39 is 0 Å². The van der Waals surface area contributed by atoms with Gasteiger partial charge in [0.1, 0.15) is 11.5 Å². The van der Waals surface area contributed by atoms with Crippen LogP contribution in [0.15, 0.2) is 97.1 Å². The van der Waals surface area contributed by atoms with E-state index in [1.54, 1.807) is 14.2 Å². The lowest BCUT2D eigenvalue weighted by Crippen LogP contribution is -1.92. The van der Waals surface area contributed by atoms with Crippen LogP contribution in [0.4, 0.5) is 0 Å². The van der Waals surface area contributed by atoms with Crippen LogP contribution >= 0.6 is 0 Å². The standard InChI is InChI=1S/C28H22O2/c1-29-27-23-12-5-3-8-19(23)14-16-25(27)21-10-7-11-22(18-21)26-17-15-20-9-4-6-13-24(20)28(26)30-2/h3-18H,1-2H3. The van der Waals surface area contributed by atoms with Crippen LogP contribution in [0.25, 0.3) is 43.8 Å². The molecule has 0 amide bonds. The summed E-state index contributed by atoms with van der Waals surface area (Å²) in [7, 11) is 3.48. The largest absolute Gasteiger partial charge is 0.495 e. The van der Waals surface area contributed by atoms with Gasteiger partial charge >= 0.3 is 0 Å². The molecule has 0 N–H and O–H groups in total. The Balaban J connectivity index is 1.70. The maximum atomic E-state index is 5.84. The van der Waals surface area contributed by atoms with Gasteiger partial charge in [0, 0.05) is 21.9 Å². The molecule has 0 aliphatic heterocycles. The van der Waals surface area contributed by atoms with Crippen molar-refractivity contribution in [3.63, 3.8) is 0 Å². The van der Waals surface area contributed by atoms with Crippen molar-refractivity contribution in [3.8, 4) is 33.8 Å². The van der Waals surface area contributed by atoms with Gasteiger partial charge in [-0.3, -0.25) is 0 Å². The second-order valence-corrected chi connectivity index (χ2v) is 7.32. The van der Waals surface area contributed by atoms with Gasteiger partial charge in [0.2, 0.25) is 0 Å². The Morgan fingerprint density at radius 3 is 1.40 bits per heavy atom. The third kappa shape index (κ3) is 2.98. The van der Waals surface area contributed by atoms with E-state index in [2.05, 4.69) is 72.8 Å². The predicted octanol–water partition coefficient (Wildman–Crippen LogP) is 7.34. The van der Waals surface area contributed by atoms with Gasteiger partial charge in [-0.15, -0.1) is 0 Å². The molecule has 0 aromatic heterocycles. The van der Waals surface area contributed by atoms with Crippen molar-refractivity contribution in [2.45, 2.75) is 0 Å². The van der Waals surface area contributed by atoms with Crippen molar-refractivity contribution in [2.24, 2.45) is 0 Å². The van der Waals surface area contributed by atoms with Crippen molar-refractivity contribution >= 4 is 21.5 Å². The summed E-state index contributed by atoms with van der Waals surface area (Å²) in [6.07, 6.45) is 0. The summed E-state index contributed by atoms with van der Waals surface area (Å²) in [6, 6.07) is 33.7. The monoisotopic (exact) mass is 390 g/mol. The van der Waals surface area contributed by atoms with Gasteiger partial charge in [0.05, 0.1) is 14.2 Å². The highest BCUT2D eigenvalue weighted by Crippen LogP contribution is 2.41. The second kappa shape index (κ2) is 7.57. The summed E-state index contributed by atoms with van der Waals surface area (Å²) in [4.78, 5) is 0. The van der Waals surface area contributed by atoms with Crippen molar-refractivity contribution < 1.29 is 9.47 Å². The van der Waals surface area contributed by atoms with Crippen LogP contribution in [0.3, 0.4) is 0 Å². The van der Waals surface area contributed by atoms with Crippen LogP contribution in [0.2, 0.25) is 0 Å². The summed E-state index contributed by atoms with van der Waals surface area (Å²) >= 11 is 0. The molecule has 0 unspecified atom stereocenters. The topological polar surface area (TPSA) is 18.5 Å². The molecule has 2 heteroatoms. The molecule has 5 aromatic carbocycles. The molecule has 0 saturated heterocycles. The fourth-order valence-corrected chi connectivity index (χ4v) is 4.23. The molecular weight excluding hydrogens is 368 g/mol. The van der Waals surface area contributed by atoms with Crippen molar-refractivity contribution in [3.05, 3.63) is 97.1 Å². The Hall–Kier alpha value is -3.78. The number of ether oxygens (including phenoxy) is 2. The molecule has 0 aliphatic carbocycles. The molecule has 0 saturated carbocycles. The zero-order chi connectivity index (χ0) is 20.5. The number of fused-ring (bicyclic) bond motifs is 2. The first-order valence-electron chi connectivity index (χ1n) is 10.0. The first kappa shape index (κ1) is 18.3. The highest BCUT2D eigenvalue weighted by atomic mass is 16.5. The van der Waals surface area contributed by atoms with E-state index in [-0.39, 0.29) is 0 Å². The Morgan fingerprint density at radius 1 is 0.467 bits per heavy atom. The van der Waals surface area contributed by atoms with E-state index in [0.29, 0.717) is 0 Å². The molecule has 5 rings (SSSR count). The summed E-state index contributed by atoms with van der Waals surface area (Å²) in [5, 5.41) is 4.58. The van der Waals surface area contributed by atoms with E-state index in [1.807, 2.05) is 24.3 Å². The van der Waals surface area contributed by atoms with Crippen LogP contribution < -0.4 is 9.47 Å². The number of hydrogen-bond acceptors (Lipinski definition) is 2. The first-order valence-corrected chi connectivity index (χ1v) is 10.0. The maximum absolute atomic E-state index is 5.84. The number of rotatable bonds is 4. The summed E-state index contributed by atoms with van der Waals surface area (Å²) in [5.74, 6) is 1.80. The van der Waals surface area contributed by atoms with Gasteiger partial charge in [-0.05, 0) is 28.0 Å². The number of benzene rings is 5. The molecule has 146 valence electrons. The first-order chi connectivity index (χ1) is 14.8. The van der Waals surface area contributed by atoms with Crippen molar-refractivity contribution in [1.82, 2.24) is 0 Å². The highest BCUT2D eigenvalue weighted by Gasteiger charge is 2.14. The average Bonchev–Trinajstić information content (AvgIpc) is 2.82. The SMILES string of the molecule is COc1c(-c2cccc(-c3ccc4ccccc4c3OC)c2)ccc2ccccc12. The van der Waals surface area contributed by atoms with Crippen LogP contribution in [0.1, 0.15) is 0 Å². The van der Waals surface area contributed by atoms with E-state index in [0.717, 1.165) is 44.5 Å². The number of methoxy groups -OCH3 is 2. The minimum Gasteiger partial charge on any atom is -0.495 e. The average molecular weight is 390 g/mol. The van der Waals surface area contributed by atoms with E-state index in [9.17, 15) is 0 Å². The van der Waals surface area contributed by atoms with E-state index in [4.69, 9.17) is 9.47 Å². The molecule has 0 heterocycles. The van der Waals surface area contributed by atoms with Gasteiger partial charge in [-0.1, -0.05) is 91.0 Å². The molecular formula is C28H22O2. The fourth-order valence-electron chi connectivity index (χ4n) is 4.23. The molecule has 0 fully saturated rings. The van der Waals surface area contributed by atoms with Crippen molar-refractivity contribution in [2.75, 3.05) is 14.2 Å². The van der Waals surface area contributed by atoms with Crippen LogP contribution in [-0.4, -0.2) is 14.2 Å². The Labute approximate surface area is 176 Å². The molecule has 0 aliphatic rings. The molecule has 0 atom stereocenters. The molecule has 0 radical (unpaired) electrons.